The highest BCUT2D eigenvalue weighted by Gasteiger charge is 2.31. The first-order chi connectivity index (χ1) is 16.8. The Hall–Kier alpha value is -3.76. The van der Waals surface area contributed by atoms with E-state index in [4.69, 9.17) is 9.47 Å². The van der Waals surface area contributed by atoms with Crippen molar-refractivity contribution in [2.24, 2.45) is 0 Å². The van der Waals surface area contributed by atoms with Gasteiger partial charge < -0.3 is 24.8 Å². The molecular formula is C25H25N3O6S. The number of carboxylic acid groups (broad SMARTS) is 1. The molecule has 0 saturated heterocycles. The molecule has 9 nitrogen and oxygen atoms in total. The molecule has 1 aromatic heterocycles. The number of ether oxygens (including phenoxy) is 2. The predicted octanol–water partition coefficient (Wildman–Crippen LogP) is 3.67. The standard InChI is InChI=1S/C25H25N3O6S/c1-14-21(24(30)31)23(35-27-14)28(2)22(29)20(33-3)12-26-25(32)34-13-19-17-10-6-4-8-15(17)16-9-5-7-11-18(16)19/h4-11,19-20H,12-13H2,1-3H3,(H,26,32)(H,30,31). The van der Waals surface area contributed by atoms with E-state index in [-0.39, 0.29) is 29.6 Å². The molecular weight excluding hydrogens is 470 g/mol. The first kappa shape index (κ1) is 24.4. The number of hydrogen-bond acceptors (Lipinski definition) is 7. The van der Waals surface area contributed by atoms with Crippen molar-refractivity contribution in [3.8, 4) is 11.1 Å². The fourth-order valence-corrected chi connectivity index (χ4v) is 5.10. The molecule has 1 atom stereocenters. The third-order valence-electron chi connectivity index (χ3n) is 6.03. The number of likely N-dealkylation sites (N-methyl/N-ethyl adjacent to an activating group) is 1. The average Bonchev–Trinajstić information content (AvgIpc) is 3.40. The highest BCUT2D eigenvalue weighted by molar-refractivity contribution is 7.11. The Bertz CT molecular complexity index is 1230. The first-order valence-electron chi connectivity index (χ1n) is 10.9. The van der Waals surface area contributed by atoms with Gasteiger partial charge in [0.15, 0.2) is 6.10 Å². The van der Waals surface area contributed by atoms with E-state index in [9.17, 15) is 19.5 Å². The number of alkyl carbamates (subject to hydrolysis) is 1. The van der Waals surface area contributed by atoms with Crippen molar-refractivity contribution in [2.75, 3.05) is 32.2 Å². The molecule has 1 heterocycles. The van der Waals surface area contributed by atoms with Crippen LogP contribution in [-0.4, -0.2) is 60.9 Å². The largest absolute Gasteiger partial charge is 0.478 e. The molecule has 182 valence electrons. The van der Waals surface area contributed by atoms with Gasteiger partial charge in [-0.05, 0) is 40.7 Å². The van der Waals surface area contributed by atoms with Gasteiger partial charge in [0, 0.05) is 20.1 Å². The van der Waals surface area contributed by atoms with Crippen molar-refractivity contribution in [3.63, 3.8) is 0 Å². The van der Waals surface area contributed by atoms with E-state index in [1.54, 1.807) is 6.92 Å². The van der Waals surface area contributed by atoms with Crippen LogP contribution in [0.2, 0.25) is 0 Å². The number of benzene rings is 2. The minimum atomic E-state index is -1.17. The van der Waals surface area contributed by atoms with Gasteiger partial charge in [0.05, 0.1) is 12.2 Å². The number of aromatic carboxylic acids is 1. The molecule has 2 aromatic carbocycles. The van der Waals surface area contributed by atoms with Gasteiger partial charge in [0.2, 0.25) is 0 Å². The van der Waals surface area contributed by atoms with E-state index in [1.807, 2.05) is 36.4 Å². The lowest BCUT2D eigenvalue weighted by molar-refractivity contribution is -0.127. The van der Waals surface area contributed by atoms with Crippen molar-refractivity contribution in [1.29, 1.82) is 0 Å². The minimum Gasteiger partial charge on any atom is -0.478 e. The molecule has 1 aliphatic carbocycles. The molecule has 4 rings (SSSR count). The van der Waals surface area contributed by atoms with E-state index in [0.29, 0.717) is 5.69 Å². The third kappa shape index (κ3) is 4.75. The molecule has 35 heavy (non-hydrogen) atoms. The van der Waals surface area contributed by atoms with Crippen molar-refractivity contribution < 1.29 is 29.0 Å². The molecule has 2 amide bonds. The van der Waals surface area contributed by atoms with Gasteiger partial charge in [-0.15, -0.1) is 0 Å². The number of methoxy groups -OCH3 is 1. The fourth-order valence-electron chi connectivity index (χ4n) is 4.25. The topological polar surface area (TPSA) is 118 Å². The van der Waals surface area contributed by atoms with Crippen LogP contribution in [0.5, 0.6) is 0 Å². The second-order valence-electron chi connectivity index (χ2n) is 8.08. The van der Waals surface area contributed by atoms with Gasteiger partial charge in [0.25, 0.3) is 5.91 Å². The van der Waals surface area contributed by atoms with Crippen LogP contribution < -0.4 is 10.2 Å². The lowest BCUT2D eigenvalue weighted by Crippen LogP contribution is -2.45. The molecule has 0 fully saturated rings. The van der Waals surface area contributed by atoms with Gasteiger partial charge in [-0.3, -0.25) is 4.79 Å². The highest BCUT2D eigenvalue weighted by atomic mass is 32.1. The Morgan fingerprint density at radius 2 is 1.71 bits per heavy atom. The Morgan fingerprint density at radius 3 is 2.29 bits per heavy atom. The summed E-state index contributed by atoms with van der Waals surface area (Å²) in [6.07, 6.45) is -1.71. The number of hydrogen-bond donors (Lipinski definition) is 2. The fraction of sp³-hybridized carbons (Fsp3) is 0.280. The molecule has 1 aliphatic rings. The van der Waals surface area contributed by atoms with Gasteiger partial charge in [0.1, 0.15) is 17.2 Å². The second kappa shape index (κ2) is 10.2. The Labute approximate surface area is 206 Å². The smallest absolute Gasteiger partial charge is 0.407 e. The summed E-state index contributed by atoms with van der Waals surface area (Å²) in [5, 5.41) is 12.2. The van der Waals surface area contributed by atoms with E-state index >= 15 is 0 Å². The number of anilines is 1. The molecule has 0 spiro atoms. The average molecular weight is 496 g/mol. The lowest BCUT2D eigenvalue weighted by atomic mass is 9.98. The number of nitrogens with zero attached hydrogens (tertiary/aromatic N) is 2. The normalized spacial score (nSPS) is 13.0. The Balaban J connectivity index is 1.37. The van der Waals surface area contributed by atoms with Gasteiger partial charge in [-0.25, -0.2) is 9.59 Å². The minimum absolute atomic E-state index is 0.0369. The zero-order chi connectivity index (χ0) is 25.1. The van der Waals surface area contributed by atoms with Gasteiger partial charge >= 0.3 is 12.1 Å². The molecule has 0 bridgehead atoms. The molecule has 0 saturated carbocycles. The van der Waals surface area contributed by atoms with Crippen molar-refractivity contribution in [3.05, 3.63) is 70.9 Å². The van der Waals surface area contributed by atoms with Crippen LogP contribution in [-0.2, 0) is 14.3 Å². The van der Waals surface area contributed by atoms with E-state index in [2.05, 4.69) is 21.8 Å². The first-order valence-corrected chi connectivity index (χ1v) is 11.7. The zero-order valence-corrected chi connectivity index (χ0v) is 20.3. The quantitative estimate of drug-likeness (QED) is 0.490. The second-order valence-corrected chi connectivity index (χ2v) is 8.83. The van der Waals surface area contributed by atoms with Crippen molar-refractivity contribution >= 4 is 34.5 Å². The van der Waals surface area contributed by atoms with Crippen LogP contribution in [0.4, 0.5) is 9.80 Å². The predicted molar refractivity (Wildman–Crippen MR) is 131 cm³/mol. The summed E-state index contributed by atoms with van der Waals surface area (Å²) in [7, 11) is 2.78. The van der Waals surface area contributed by atoms with Crippen LogP contribution in [0.3, 0.4) is 0 Å². The van der Waals surface area contributed by atoms with Gasteiger partial charge in [-0.2, -0.15) is 4.37 Å². The van der Waals surface area contributed by atoms with Crippen LogP contribution in [0.1, 0.15) is 33.1 Å². The zero-order valence-electron chi connectivity index (χ0n) is 19.5. The van der Waals surface area contributed by atoms with E-state index < -0.39 is 24.1 Å². The molecule has 1 unspecified atom stereocenters. The third-order valence-corrected chi connectivity index (χ3v) is 7.05. The Kier molecular flexibility index (Phi) is 7.13. The maximum atomic E-state index is 12.9. The summed E-state index contributed by atoms with van der Waals surface area (Å²) in [6, 6.07) is 16.1. The summed E-state index contributed by atoms with van der Waals surface area (Å²) in [5.74, 6) is -1.77. The van der Waals surface area contributed by atoms with Gasteiger partial charge in [-0.1, -0.05) is 48.5 Å². The highest BCUT2D eigenvalue weighted by Crippen LogP contribution is 2.44. The molecule has 10 heteroatoms. The van der Waals surface area contributed by atoms with Crippen molar-refractivity contribution in [2.45, 2.75) is 18.9 Å². The number of aryl methyl sites for hydroxylation is 1. The number of aromatic nitrogens is 1. The summed E-state index contributed by atoms with van der Waals surface area (Å²) < 4.78 is 14.8. The Morgan fingerprint density at radius 1 is 1.11 bits per heavy atom. The molecule has 2 N–H and O–H groups in total. The van der Waals surface area contributed by atoms with E-state index in [0.717, 1.165) is 33.8 Å². The number of fused-ring (bicyclic) bond motifs is 3. The summed E-state index contributed by atoms with van der Waals surface area (Å²) in [5.41, 5.74) is 4.74. The number of carbonyl (C=O) groups is 3. The van der Waals surface area contributed by atoms with Crippen LogP contribution in [0, 0.1) is 6.92 Å². The molecule has 3 aromatic rings. The molecule has 0 radical (unpaired) electrons. The molecule has 0 aliphatic heterocycles. The number of carboxylic acids is 1. The summed E-state index contributed by atoms with van der Waals surface area (Å²) in [6.45, 7) is 1.57. The maximum Gasteiger partial charge on any atom is 0.407 e. The van der Waals surface area contributed by atoms with Crippen LogP contribution in [0.25, 0.3) is 11.1 Å². The lowest BCUT2D eigenvalue weighted by Gasteiger charge is -2.22. The van der Waals surface area contributed by atoms with Crippen LogP contribution >= 0.6 is 11.5 Å². The summed E-state index contributed by atoms with van der Waals surface area (Å²) in [4.78, 5) is 38.1. The van der Waals surface area contributed by atoms with Crippen LogP contribution in [0.15, 0.2) is 48.5 Å². The number of amides is 2. The number of rotatable bonds is 8. The van der Waals surface area contributed by atoms with Crippen molar-refractivity contribution in [1.82, 2.24) is 9.69 Å². The van der Waals surface area contributed by atoms with E-state index in [1.165, 1.54) is 19.1 Å². The number of nitrogens with one attached hydrogen (secondary N) is 1. The monoisotopic (exact) mass is 495 g/mol. The summed E-state index contributed by atoms with van der Waals surface area (Å²) >= 11 is 0.911. The number of carbonyl (C=O) groups excluding carboxylic acids is 2. The SMILES string of the molecule is COC(CNC(=O)OCC1c2ccccc2-c2ccccc21)C(=O)N(C)c1snc(C)c1C(=O)O. The maximum absolute atomic E-state index is 12.9.